The summed E-state index contributed by atoms with van der Waals surface area (Å²) in [4.78, 5) is 33.1. The quantitative estimate of drug-likeness (QED) is 0.329. The number of ketones is 1. The van der Waals surface area contributed by atoms with Crippen molar-refractivity contribution in [2.24, 2.45) is 0 Å². The second-order valence-corrected chi connectivity index (χ2v) is 9.32. The SMILES string of the molecule is CCc1ccc2nc(N3C(=O)C(O)=C(C(=O)c4ccc(C)o4)[C@@H]3c3cccc(OC)c3OC)sc2c1. The van der Waals surface area contributed by atoms with Gasteiger partial charge in [-0.2, -0.15) is 0 Å². The lowest BCUT2D eigenvalue weighted by Gasteiger charge is -2.26. The van der Waals surface area contributed by atoms with Gasteiger partial charge in [-0.3, -0.25) is 14.5 Å². The van der Waals surface area contributed by atoms with Gasteiger partial charge in [0.15, 0.2) is 28.1 Å². The van der Waals surface area contributed by atoms with Crippen molar-refractivity contribution in [3.05, 3.63) is 82.5 Å². The van der Waals surface area contributed by atoms with E-state index < -0.39 is 23.5 Å². The van der Waals surface area contributed by atoms with Crippen LogP contribution in [0.1, 0.15) is 40.4 Å². The summed E-state index contributed by atoms with van der Waals surface area (Å²) in [6.45, 7) is 3.78. The molecule has 5 rings (SSSR count). The molecule has 0 saturated heterocycles. The molecule has 1 aliphatic heterocycles. The van der Waals surface area contributed by atoms with Gasteiger partial charge in [0.05, 0.1) is 30.0 Å². The van der Waals surface area contributed by atoms with Gasteiger partial charge in [0, 0.05) is 5.56 Å². The molecule has 0 unspecified atom stereocenters. The Balaban J connectivity index is 1.73. The Morgan fingerprint density at radius 1 is 1.17 bits per heavy atom. The van der Waals surface area contributed by atoms with Crippen molar-refractivity contribution in [2.75, 3.05) is 19.1 Å². The van der Waals surface area contributed by atoms with Crippen LogP contribution < -0.4 is 14.4 Å². The minimum atomic E-state index is -1.02. The molecular formula is C27H24N2O6S. The molecule has 2 aromatic heterocycles. The van der Waals surface area contributed by atoms with Crippen molar-refractivity contribution in [2.45, 2.75) is 26.3 Å². The molecule has 0 radical (unpaired) electrons. The van der Waals surface area contributed by atoms with E-state index in [9.17, 15) is 14.7 Å². The smallest absolute Gasteiger partial charge is 0.296 e. The number of methoxy groups -OCH3 is 2. The second kappa shape index (κ2) is 9.16. The monoisotopic (exact) mass is 504 g/mol. The maximum atomic E-state index is 13.6. The third kappa shape index (κ3) is 3.72. The predicted octanol–water partition coefficient (Wildman–Crippen LogP) is 5.56. The van der Waals surface area contributed by atoms with Gasteiger partial charge in [-0.1, -0.05) is 36.5 Å². The summed E-state index contributed by atoms with van der Waals surface area (Å²) < 4.78 is 17.6. The number of amides is 1. The van der Waals surface area contributed by atoms with Gasteiger partial charge in [-0.25, -0.2) is 4.98 Å². The fourth-order valence-electron chi connectivity index (χ4n) is 4.43. The predicted molar refractivity (Wildman–Crippen MR) is 136 cm³/mol. The van der Waals surface area contributed by atoms with Gasteiger partial charge in [-0.05, 0) is 49.2 Å². The minimum absolute atomic E-state index is 0.0208. The van der Waals surface area contributed by atoms with Crippen molar-refractivity contribution in [1.82, 2.24) is 4.98 Å². The number of aryl methyl sites for hydroxylation is 2. The molecule has 36 heavy (non-hydrogen) atoms. The van der Waals surface area contributed by atoms with E-state index in [-0.39, 0.29) is 11.3 Å². The fraction of sp³-hybridized carbons (Fsp3) is 0.222. The van der Waals surface area contributed by atoms with Crippen LogP contribution in [-0.4, -0.2) is 36.0 Å². The number of thiazole rings is 1. The molecule has 3 heterocycles. The number of Topliss-reactive ketones (excluding diaryl/α,β-unsaturated/α-hetero) is 1. The van der Waals surface area contributed by atoms with E-state index in [1.807, 2.05) is 18.2 Å². The Labute approximate surface area is 211 Å². The molecule has 0 saturated carbocycles. The molecule has 0 aliphatic carbocycles. The van der Waals surface area contributed by atoms with Crippen LogP contribution in [0.15, 0.2) is 64.3 Å². The van der Waals surface area contributed by atoms with Gasteiger partial charge >= 0.3 is 0 Å². The number of aromatic nitrogens is 1. The topological polar surface area (TPSA) is 102 Å². The average molecular weight is 505 g/mol. The lowest BCUT2D eigenvalue weighted by Crippen LogP contribution is -2.31. The highest BCUT2D eigenvalue weighted by molar-refractivity contribution is 7.22. The Hall–Kier alpha value is -4.11. The van der Waals surface area contributed by atoms with Crippen molar-refractivity contribution in [3.63, 3.8) is 0 Å². The highest BCUT2D eigenvalue weighted by atomic mass is 32.1. The third-order valence-electron chi connectivity index (χ3n) is 6.20. The number of carbonyl (C=O) groups excluding carboxylic acids is 2. The van der Waals surface area contributed by atoms with E-state index in [4.69, 9.17) is 13.9 Å². The van der Waals surface area contributed by atoms with Crippen molar-refractivity contribution < 1.29 is 28.6 Å². The summed E-state index contributed by atoms with van der Waals surface area (Å²) in [5.74, 6) is -0.663. The highest BCUT2D eigenvalue weighted by Gasteiger charge is 2.47. The standard InChI is InChI=1S/C27H24N2O6S/c1-5-15-10-11-17-20(13-15)36-27(28-17)29-22(16-7-6-8-19(33-3)25(16)34-4)21(24(31)26(29)32)23(30)18-12-9-14(2)35-18/h6-13,22,31H,5H2,1-4H3/t22-/m0/s1. The molecule has 0 bridgehead atoms. The number of hydrogen-bond donors (Lipinski definition) is 1. The van der Waals surface area contributed by atoms with E-state index in [1.54, 1.807) is 31.2 Å². The Morgan fingerprint density at radius 2 is 1.97 bits per heavy atom. The van der Waals surface area contributed by atoms with Gasteiger partial charge in [0.2, 0.25) is 5.78 Å². The van der Waals surface area contributed by atoms with Crippen molar-refractivity contribution in [3.8, 4) is 11.5 Å². The Morgan fingerprint density at radius 3 is 2.64 bits per heavy atom. The number of furan rings is 1. The van der Waals surface area contributed by atoms with E-state index in [0.717, 1.165) is 22.2 Å². The van der Waals surface area contributed by atoms with Crippen LogP contribution in [0.3, 0.4) is 0 Å². The lowest BCUT2D eigenvalue weighted by atomic mass is 9.94. The zero-order valence-corrected chi connectivity index (χ0v) is 21.0. The first-order valence-corrected chi connectivity index (χ1v) is 12.2. The van der Waals surface area contributed by atoms with Crippen molar-refractivity contribution >= 4 is 38.4 Å². The van der Waals surface area contributed by atoms with Crippen LogP contribution in [0.4, 0.5) is 5.13 Å². The van der Waals surface area contributed by atoms with Crippen LogP contribution in [-0.2, 0) is 11.2 Å². The van der Waals surface area contributed by atoms with E-state index in [0.29, 0.717) is 28.0 Å². The van der Waals surface area contributed by atoms with Crippen LogP contribution in [0, 0.1) is 6.92 Å². The molecule has 4 aromatic rings. The number of ether oxygens (including phenoxy) is 2. The first-order chi connectivity index (χ1) is 17.4. The molecule has 1 N–H and O–H groups in total. The number of hydrogen-bond acceptors (Lipinski definition) is 8. The second-order valence-electron chi connectivity index (χ2n) is 8.31. The molecule has 1 atom stereocenters. The van der Waals surface area contributed by atoms with Gasteiger partial charge in [0.1, 0.15) is 11.8 Å². The van der Waals surface area contributed by atoms with E-state index in [1.165, 1.54) is 36.5 Å². The summed E-state index contributed by atoms with van der Waals surface area (Å²) in [5.41, 5.74) is 2.21. The van der Waals surface area contributed by atoms with Crippen LogP contribution >= 0.6 is 11.3 Å². The summed E-state index contributed by atoms with van der Waals surface area (Å²) in [7, 11) is 2.98. The van der Waals surface area contributed by atoms with Gasteiger partial charge in [-0.15, -0.1) is 0 Å². The zero-order chi connectivity index (χ0) is 25.6. The number of nitrogens with zero attached hydrogens (tertiary/aromatic N) is 2. The third-order valence-corrected chi connectivity index (χ3v) is 7.22. The fourth-order valence-corrected chi connectivity index (χ4v) is 5.48. The normalized spacial score (nSPS) is 15.7. The maximum absolute atomic E-state index is 13.6. The summed E-state index contributed by atoms with van der Waals surface area (Å²) in [6.07, 6.45) is 0.860. The number of anilines is 1. The van der Waals surface area contributed by atoms with Crippen LogP contribution in [0.2, 0.25) is 0 Å². The van der Waals surface area contributed by atoms with Gasteiger partial charge < -0.3 is 19.0 Å². The molecule has 0 spiro atoms. The summed E-state index contributed by atoms with van der Waals surface area (Å²) >= 11 is 1.31. The first kappa shape index (κ1) is 23.6. The Bertz CT molecular complexity index is 1530. The maximum Gasteiger partial charge on any atom is 0.296 e. The van der Waals surface area contributed by atoms with E-state index >= 15 is 0 Å². The first-order valence-electron chi connectivity index (χ1n) is 11.4. The average Bonchev–Trinajstić information content (AvgIpc) is 3.58. The number of para-hydroxylation sites is 1. The summed E-state index contributed by atoms with van der Waals surface area (Å²) in [5, 5.41) is 11.4. The lowest BCUT2D eigenvalue weighted by molar-refractivity contribution is -0.117. The number of carbonyl (C=O) groups is 2. The zero-order valence-electron chi connectivity index (χ0n) is 20.2. The largest absolute Gasteiger partial charge is 0.503 e. The molecule has 1 aliphatic rings. The molecule has 184 valence electrons. The Kier molecular flexibility index (Phi) is 6.01. The minimum Gasteiger partial charge on any atom is -0.503 e. The number of benzene rings is 2. The molecule has 2 aromatic carbocycles. The molecule has 9 heteroatoms. The van der Waals surface area contributed by atoms with E-state index in [2.05, 4.69) is 11.9 Å². The summed E-state index contributed by atoms with van der Waals surface area (Å²) in [6, 6.07) is 13.3. The van der Waals surface area contributed by atoms with Crippen LogP contribution in [0.5, 0.6) is 11.5 Å². The highest BCUT2D eigenvalue weighted by Crippen LogP contribution is 2.48. The number of rotatable bonds is 7. The molecule has 1 amide bonds. The number of fused-ring (bicyclic) bond motifs is 1. The molecule has 8 nitrogen and oxygen atoms in total. The molecular weight excluding hydrogens is 480 g/mol. The number of aliphatic hydroxyl groups is 1. The molecule has 0 fully saturated rings. The van der Waals surface area contributed by atoms with Crippen LogP contribution in [0.25, 0.3) is 10.2 Å². The van der Waals surface area contributed by atoms with Gasteiger partial charge in [0.25, 0.3) is 5.91 Å². The number of aliphatic hydroxyl groups excluding tert-OH is 1. The van der Waals surface area contributed by atoms with Crippen molar-refractivity contribution in [1.29, 1.82) is 0 Å².